The lowest BCUT2D eigenvalue weighted by Gasteiger charge is -2.05. The van der Waals surface area contributed by atoms with Gasteiger partial charge in [-0.15, -0.1) is 27.2 Å². The van der Waals surface area contributed by atoms with Gasteiger partial charge in [0.25, 0.3) is 0 Å². The Bertz CT molecular complexity index is 543. The maximum Gasteiger partial charge on any atom is 0.237 e. The Morgan fingerprint density at radius 1 is 0.850 bits per heavy atom. The number of hydroxylamine groups is 1. The van der Waals surface area contributed by atoms with E-state index in [-0.39, 0.29) is 22.9 Å². The number of nitrogens with zero attached hydrogens (tertiary/aromatic N) is 2. The first kappa shape index (κ1) is 15.9. The lowest BCUT2D eigenvalue weighted by molar-refractivity contribution is 0.232. The predicted octanol–water partition coefficient (Wildman–Crippen LogP) is 2.31. The Balaban J connectivity index is 0.00000200. The minimum atomic E-state index is -0.163. The molecule has 0 aromatic heterocycles. The summed E-state index contributed by atoms with van der Waals surface area (Å²) < 4.78 is 0. The Morgan fingerprint density at radius 3 is 1.70 bits per heavy atom. The average Bonchev–Trinajstić information content (AvgIpc) is 2.49. The van der Waals surface area contributed by atoms with Crippen LogP contribution in [0.5, 0.6) is 0 Å². The SMILES string of the molecule is Br.NC(=NN=C(c1ccccc1)c1ccccc1)NO. The number of nitrogens with one attached hydrogen (secondary N) is 1. The molecule has 0 aliphatic rings. The number of hydrogen-bond donors (Lipinski definition) is 3. The standard InChI is InChI=1S/C14H14N4O.BrH/c15-14(18-19)17-16-13(11-7-3-1-4-8-11)12-9-5-2-6-10-12;/h1-10,19H,(H3,15,17,18);1H. The van der Waals surface area contributed by atoms with Gasteiger partial charge in [-0.1, -0.05) is 60.7 Å². The van der Waals surface area contributed by atoms with Crippen molar-refractivity contribution in [1.29, 1.82) is 0 Å². The highest BCUT2D eigenvalue weighted by Crippen LogP contribution is 2.10. The zero-order chi connectivity index (χ0) is 13.5. The van der Waals surface area contributed by atoms with E-state index in [9.17, 15) is 0 Å². The molecule has 0 aliphatic heterocycles. The molecule has 104 valence electrons. The third-order valence-corrected chi connectivity index (χ3v) is 2.47. The molecule has 0 bridgehead atoms. The van der Waals surface area contributed by atoms with Crippen molar-refractivity contribution in [3.63, 3.8) is 0 Å². The number of hydrogen-bond acceptors (Lipinski definition) is 3. The van der Waals surface area contributed by atoms with Crippen LogP contribution in [0.15, 0.2) is 70.9 Å². The second-order valence-electron chi connectivity index (χ2n) is 3.78. The first-order chi connectivity index (χ1) is 9.31. The van der Waals surface area contributed by atoms with E-state index < -0.39 is 0 Å². The van der Waals surface area contributed by atoms with Gasteiger partial charge in [0.15, 0.2) is 0 Å². The molecule has 0 spiro atoms. The summed E-state index contributed by atoms with van der Waals surface area (Å²) in [5.74, 6) is -0.163. The molecule has 4 N–H and O–H groups in total. The minimum Gasteiger partial charge on any atom is -0.367 e. The molecule has 0 radical (unpaired) electrons. The van der Waals surface area contributed by atoms with Crippen LogP contribution in [0.1, 0.15) is 11.1 Å². The first-order valence-corrected chi connectivity index (χ1v) is 5.73. The van der Waals surface area contributed by atoms with Gasteiger partial charge in [-0.3, -0.25) is 5.21 Å². The van der Waals surface area contributed by atoms with Gasteiger partial charge < -0.3 is 5.73 Å². The summed E-state index contributed by atoms with van der Waals surface area (Å²) in [4.78, 5) is 0. The molecule has 0 saturated heterocycles. The highest BCUT2D eigenvalue weighted by Gasteiger charge is 2.05. The van der Waals surface area contributed by atoms with E-state index in [1.807, 2.05) is 60.7 Å². The normalized spacial score (nSPS) is 10.3. The summed E-state index contributed by atoms with van der Waals surface area (Å²) in [6.45, 7) is 0. The van der Waals surface area contributed by atoms with Crippen LogP contribution in [0.2, 0.25) is 0 Å². The molecule has 2 aromatic carbocycles. The average molecular weight is 335 g/mol. The van der Waals surface area contributed by atoms with E-state index in [0.717, 1.165) is 11.1 Å². The maximum atomic E-state index is 8.61. The van der Waals surface area contributed by atoms with Gasteiger partial charge in [-0.2, -0.15) is 0 Å². The van der Waals surface area contributed by atoms with Gasteiger partial charge in [0.05, 0.1) is 0 Å². The summed E-state index contributed by atoms with van der Waals surface area (Å²) in [5.41, 5.74) is 9.62. The summed E-state index contributed by atoms with van der Waals surface area (Å²) in [7, 11) is 0. The van der Waals surface area contributed by atoms with Crippen LogP contribution in [0.3, 0.4) is 0 Å². The first-order valence-electron chi connectivity index (χ1n) is 5.73. The van der Waals surface area contributed by atoms with Gasteiger partial charge in [0, 0.05) is 11.1 Å². The van der Waals surface area contributed by atoms with E-state index in [0.29, 0.717) is 5.71 Å². The molecule has 0 heterocycles. The zero-order valence-electron chi connectivity index (χ0n) is 10.6. The molecule has 2 aromatic rings. The summed E-state index contributed by atoms with van der Waals surface area (Å²) in [6, 6.07) is 19.3. The Hall–Kier alpha value is -2.18. The van der Waals surface area contributed by atoms with E-state index in [4.69, 9.17) is 10.9 Å². The lowest BCUT2D eigenvalue weighted by Crippen LogP contribution is -2.27. The molecular formula is C14H15BrN4O. The third kappa shape index (κ3) is 4.18. The molecule has 0 aliphatic carbocycles. The minimum absolute atomic E-state index is 0. The maximum absolute atomic E-state index is 8.61. The Labute approximate surface area is 127 Å². The summed E-state index contributed by atoms with van der Waals surface area (Å²) in [6.07, 6.45) is 0. The van der Waals surface area contributed by atoms with Crippen LogP contribution in [0, 0.1) is 0 Å². The van der Waals surface area contributed by atoms with Crippen molar-refractivity contribution in [2.45, 2.75) is 0 Å². The second-order valence-corrected chi connectivity index (χ2v) is 3.78. The fraction of sp³-hybridized carbons (Fsp3) is 0. The van der Waals surface area contributed by atoms with Crippen molar-refractivity contribution in [3.8, 4) is 0 Å². The molecular weight excluding hydrogens is 320 g/mol. The number of rotatable bonds is 3. The van der Waals surface area contributed by atoms with Gasteiger partial charge in [0.2, 0.25) is 5.96 Å². The highest BCUT2D eigenvalue weighted by atomic mass is 79.9. The van der Waals surface area contributed by atoms with Crippen LogP contribution in [-0.2, 0) is 0 Å². The predicted molar refractivity (Wildman–Crippen MR) is 85.4 cm³/mol. The van der Waals surface area contributed by atoms with Crippen molar-refractivity contribution < 1.29 is 5.21 Å². The second kappa shape index (κ2) is 8.08. The molecule has 20 heavy (non-hydrogen) atoms. The Kier molecular flexibility index (Phi) is 6.42. The van der Waals surface area contributed by atoms with Crippen LogP contribution in [-0.4, -0.2) is 16.9 Å². The van der Waals surface area contributed by atoms with Crippen LogP contribution in [0.25, 0.3) is 0 Å². The topological polar surface area (TPSA) is 83.0 Å². The number of guanidine groups is 1. The van der Waals surface area contributed by atoms with Gasteiger partial charge in [-0.25, -0.2) is 5.48 Å². The molecule has 0 unspecified atom stereocenters. The fourth-order valence-electron chi connectivity index (χ4n) is 1.60. The smallest absolute Gasteiger partial charge is 0.237 e. The Morgan fingerprint density at radius 2 is 1.30 bits per heavy atom. The van der Waals surface area contributed by atoms with Crippen molar-refractivity contribution in [2.75, 3.05) is 0 Å². The number of halogens is 1. The molecule has 0 atom stereocenters. The van der Waals surface area contributed by atoms with E-state index in [1.54, 1.807) is 5.48 Å². The lowest BCUT2D eigenvalue weighted by atomic mass is 10.0. The summed E-state index contributed by atoms with van der Waals surface area (Å²) in [5, 5.41) is 16.4. The van der Waals surface area contributed by atoms with E-state index in [2.05, 4.69) is 10.2 Å². The summed E-state index contributed by atoms with van der Waals surface area (Å²) >= 11 is 0. The molecule has 2 rings (SSSR count). The van der Waals surface area contributed by atoms with Gasteiger partial charge in [0.1, 0.15) is 5.71 Å². The molecule has 5 nitrogen and oxygen atoms in total. The van der Waals surface area contributed by atoms with Crippen LogP contribution >= 0.6 is 17.0 Å². The van der Waals surface area contributed by atoms with Gasteiger partial charge >= 0.3 is 0 Å². The van der Waals surface area contributed by atoms with E-state index in [1.165, 1.54) is 0 Å². The van der Waals surface area contributed by atoms with Crippen molar-refractivity contribution >= 4 is 28.7 Å². The van der Waals surface area contributed by atoms with E-state index >= 15 is 0 Å². The van der Waals surface area contributed by atoms with Crippen molar-refractivity contribution in [1.82, 2.24) is 5.48 Å². The number of nitrogens with two attached hydrogens (primary N) is 1. The molecule has 0 amide bonds. The van der Waals surface area contributed by atoms with Crippen LogP contribution < -0.4 is 11.2 Å². The van der Waals surface area contributed by atoms with Crippen molar-refractivity contribution in [3.05, 3.63) is 71.8 Å². The quantitative estimate of drug-likeness (QED) is 0.457. The highest BCUT2D eigenvalue weighted by molar-refractivity contribution is 8.93. The van der Waals surface area contributed by atoms with Gasteiger partial charge in [-0.05, 0) is 0 Å². The molecule has 6 heteroatoms. The molecule has 0 saturated carbocycles. The zero-order valence-corrected chi connectivity index (χ0v) is 12.3. The monoisotopic (exact) mass is 334 g/mol. The third-order valence-electron chi connectivity index (χ3n) is 2.47. The molecule has 0 fully saturated rings. The number of benzene rings is 2. The van der Waals surface area contributed by atoms with Crippen molar-refractivity contribution in [2.24, 2.45) is 15.9 Å². The fourth-order valence-corrected chi connectivity index (χ4v) is 1.60. The largest absolute Gasteiger partial charge is 0.367 e. The van der Waals surface area contributed by atoms with Crippen LogP contribution in [0.4, 0.5) is 0 Å².